The van der Waals surface area contributed by atoms with Gasteiger partial charge in [0.1, 0.15) is 5.56 Å². The lowest BCUT2D eigenvalue weighted by Gasteiger charge is -2.08. The van der Waals surface area contributed by atoms with Gasteiger partial charge in [-0.2, -0.15) is 8.78 Å². The Kier molecular flexibility index (Phi) is 5.36. The van der Waals surface area contributed by atoms with E-state index in [0.717, 1.165) is 0 Å². The summed E-state index contributed by atoms with van der Waals surface area (Å²) in [6, 6.07) is 0. The molecule has 1 amide bonds. The van der Waals surface area contributed by atoms with Crippen LogP contribution in [0.1, 0.15) is 15.9 Å². The number of benzene rings is 1. The van der Waals surface area contributed by atoms with Crippen LogP contribution in [0, 0.1) is 23.3 Å². The van der Waals surface area contributed by atoms with E-state index >= 15 is 0 Å². The molecule has 0 unspecified atom stereocenters. The molecular formula is C9H3ClF7NO. The third-order valence-electron chi connectivity index (χ3n) is 1.90. The van der Waals surface area contributed by atoms with Crippen LogP contribution in [-0.4, -0.2) is 5.91 Å². The van der Waals surface area contributed by atoms with Crippen molar-refractivity contribution in [3.63, 3.8) is 0 Å². The van der Waals surface area contributed by atoms with Gasteiger partial charge in [0.25, 0.3) is 5.91 Å². The van der Waals surface area contributed by atoms with Crippen molar-refractivity contribution in [1.82, 2.24) is 0 Å². The first-order valence-corrected chi connectivity index (χ1v) is 4.07. The van der Waals surface area contributed by atoms with Crippen molar-refractivity contribution in [1.29, 1.82) is 0 Å². The Hall–Kier alpha value is -1.77. The summed E-state index contributed by atoms with van der Waals surface area (Å²) in [6.45, 7) is 0. The molecule has 19 heavy (non-hydrogen) atoms. The van der Waals surface area contributed by atoms with E-state index in [1.807, 2.05) is 0 Å². The fraction of sp³-hybridized carbons (Fsp3) is 0. The fourth-order valence-electron chi connectivity index (χ4n) is 1.14. The van der Waals surface area contributed by atoms with Gasteiger partial charge in [-0.15, -0.1) is 12.4 Å². The van der Waals surface area contributed by atoms with Crippen LogP contribution in [-0.2, 0) is 0 Å². The standard InChI is InChI=1S/C9H2F7NO.ClH/c10-3-1(7(14)8(15)16)4(11)6(13)2(5(3)12)9(17)18;/h(H2,17,18);1H. The van der Waals surface area contributed by atoms with Crippen molar-refractivity contribution in [2.24, 2.45) is 5.73 Å². The van der Waals surface area contributed by atoms with E-state index < -0.39 is 52.2 Å². The second kappa shape index (κ2) is 5.91. The zero-order valence-electron chi connectivity index (χ0n) is 8.54. The SMILES string of the molecule is Cl.NC(=O)c1c(F)c(F)c(C(F)=C(F)F)c(F)c1F. The molecule has 0 aromatic heterocycles. The second-order valence-corrected chi connectivity index (χ2v) is 2.94. The van der Waals surface area contributed by atoms with E-state index in [0.29, 0.717) is 0 Å². The molecule has 10 heteroatoms. The molecule has 1 aromatic rings. The maximum atomic E-state index is 13.1. The maximum absolute atomic E-state index is 13.1. The van der Waals surface area contributed by atoms with Crippen molar-refractivity contribution in [2.75, 3.05) is 0 Å². The molecule has 0 heterocycles. The van der Waals surface area contributed by atoms with Crippen LogP contribution >= 0.6 is 12.4 Å². The van der Waals surface area contributed by atoms with Crippen LogP contribution in [0.25, 0.3) is 5.83 Å². The number of hydrogen-bond donors (Lipinski definition) is 1. The molecule has 2 N–H and O–H groups in total. The van der Waals surface area contributed by atoms with Crippen LogP contribution in [0.5, 0.6) is 0 Å². The van der Waals surface area contributed by atoms with Gasteiger partial charge in [-0.05, 0) is 0 Å². The number of halogens is 8. The summed E-state index contributed by atoms with van der Waals surface area (Å²) in [6.07, 6.45) is -3.18. The molecule has 0 aliphatic rings. The number of carbonyl (C=O) groups is 1. The quantitative estimate of drug-likeness (QED) is 0.661. The van der Waals surface area contributed by atoms with E-state index in [2.05, 4.69) is 5.73 Å². The van der Waals surface area contributed by atoms with Crippen LogP contribution in [0.15, 0.2) is 6.08 Å². The number of rotatable bonds is 2. The fourth-order valence-corrected chi connectivity index (χ4v) is 1.14. The first-order chi connectivity index (χ1) is 8.20. The van der Waals surface area contributed by atoms with Crippen LogP contribution in [0.2, 0.25) is 0 Å². The summed E-state index contributed by atoms with van der Waals surface area (Å²) in [5.41, 5.74) is 0.374. The molecule has 0 spiro atoms. The van der Waals surface area contributed by atoms with Gasteiger partial charge in [0.15, 0.2) is 23.3 Å². The largest absolute Gasteiger partial charge is 0.365 e. The highest BCUT2D eigenvalue weighted by Gasteiger charge is 2.31. The van der Waals surface area contributed by atoms with E-state index in [1.165, 1.54) is 0 Å². The van der Waals surface area contributed by atoms with E-state index in [1.54, 1.807) is 0 Å². The van der Waals surface area contributed by atoms with Crippen LogP contribution < -0.4 is 5.73 Å². The van der Waals surface area contributed by atoms with Gasteiger partial charge in [-0.1, -0.05) is 0 Å². The van der Waals surface area contributed by atoms with Crippen molar-refractivity contribution < 1.29 is 35.5 Å². The molecule has 0 radical (unpaired) electrons. The van der Waals surface area contributed by atoms with Crippen molar-refractivity contribution >= 4 is 24.1 Å². The van der Waals surface area contributed by atoms with Gasteiger partial charge in [0.2, 0.25) is 5.83 Å². The van der Waals surface area contributed by atoms with Crippen LogP contribution in [0.3, 0.4) is 0 Å². The zero-order chi connectivity index (χ0) is 14.2. The van der Waals surface area contributed by atoms with Gasteiger partial charge in [0, 0.05) is 0 Å². The average molecular weight is 310 g/mol. The molecule has 0 bridgehead atoms. The summed E-state index contributed by atoms with van der Waals surface area (Å²) < 4.78 is 88.6. The highest BCUT2D eigenvalue weighted by Crippen LogP contribution is 2.32. The molecule has 0 saturated heterocycles. The molecular weight excluding hydrogens is 307 g/mol. The topological polar surface area (TPSA) is 43.1 Å². The zero-order valence-corrected chi connectivity index (χ0v) is 9.36. The summed E-state index contributed by atoms with van der Waals surface area (Å²) in [5, 5.41) is 0. The van der Waals surface area contributed by atoms with E-state index in [-0.39, 0.29) is 12.4 Å². The van der Waals surface area contributed by atoms with Crippen molar-refractivity contribution in [2.45, 2.75) is 0 Å². The van der Waals surface area contributed by atoms with Gasteiger partial charge < -0.3 is 5.73 Å². The van der Waals surface area contributed by atoms with Gasteiger partial charge in [-0.3, -0.25) is 4.79 Å². The van der Waals surface area contributed by atoms with Crippen molar-refractivity contribution in [3.8, 4) is 0 Å². The van der Waals surface area contributed by atoms with Crippen LogP contribution in [0.4, 0.5) is 30.7 Å². The molecule has 0 fully saturated rings. The average Bonchev–Trinajstić information content (AvgIpc) is 2.26. The Morgan fingerprint density at radius 2 is 1.11 bits per heavy atom. The minimum Gasteiger partial charge on any atom is -0.365 e. The first-order valence-electron chi connectivity index (χ1n) is 4.07. The second-order valence-electron chi connectivity index (χ2n) is 2.94. The predicted molar refractivity (Wildman–Crippen MR) is 52.3 cm³/mol. The number of nitrogens with two attached hydrogens (primary N) is 1. The Morgan fingerprint density at radius 1 is 0.789 bits per heavy atom. The summed E-state index contributed by atoms with van der Waals surface area (Å²) in [4.78, 5) is 10.5. The molecule has 0 aliphatic carbocycles. The maximum Gasteiger partial charge on any atom is 0.306 e. The predicted octanol–water partition coefficient (Wildman–Crippen LogP) is 3.30. The minimum atomic E-state index is -3.18. The number of primary amides is 1. The molecule has 2 nitrogen and oxygen atoms in total. The molecule has 0 saturated carbocycles. The first kappa shape index (κ1) is 17.2. The lowest BCUT2D eigenvalue weighted by Crippen LogP contribution is -2.19. The lowest BCUT2D eigenvalue weighted by molar-refractivity contribution is 0.0989. The molecule has 0 atom stereocenters. The smallest absolute Gasteiger partial charge is 0.306 e. The number of hydrogen-bond acceptors (Lipinski definition) is 1. The minimum absolute atomic E-state index is 0. The number of carbonyl (C=O) groups excluding carboxylic acids is 1. The summed E-state index contributed by atoms with van der Waals surface area (Å²) >= 11 is 0. The Balaban J connectivity index is 0.00000324. The van der Waals surface area contributed by atoms with Gasteiger partial charge in [-0.25, -0.2) is 22.0 Å². The Labute approximate surface area is 107 Å². The summed E-state index contributed by atoms with van der Waals surface area (Å²) in [7, 11) is 0. The van der Waals surface area contributed by atoms with Gasteiger partial charge in [0.05, 0.1) is 5.56 Å². The van der Waals surface area contributed by atoms with Crippen molar-refractivity contribution in [3.05, 3.63) is 40.5 Å². The third-order valence-corrected chi connectivity index (χ3v) is 1.90. The number of amides is 1. The van der Waals surface area contributed by atoms with E-state index in [4.69, 9.17) is 0 Å². The highest BCUT2D eigenvalue weighted by molar-refractivity contribution is 5.93. The third kappa shape index (κ3) is 2.80. The molecule has 1 aromatic carbocycles. The Bertz CT molecular complexity index is 539. The van der Waals surface area contributed by atoms with Gasteiger partial charge >= 0.3 is 6.08 Å². The van der Waals surface area contributed by atoms with E-state index in [9.17, 15) is 35.5 Å². The molecule has 0 aliphatic heterocycles. The summed E-state index contributed by atoms with van der Waals surface area (Å²) in [5.74, 6) is -14.3. The monoisotopic (exact) mass is 309 g/mol. The normalized spacial score (nSPS) is 9.84. The lowest BCUT2D eigenvalue weighted by atomic mass is 10.1. The molecule has 106 valence electrons. The Morgan fingerprint density at radius 3 is 1.37 bits per heavy atom. The highest BCUT2D eigenvalue weighted by atomic mass is 35.5. The molecule has 1 rings (SSSR count).